The van der Waals surface area contributed by atoms with E-state index in [4.69, 9.17) is 5.73 Å². The van der Waals surface area contributed by atoms with Gasteiger partial charge in [0, 0.05) is 32.2 Å². The minimum absolute atomic E-state index is 0.00936. The Bertz CT molecular complexity index is 296. The molecule has 1 rings (SSSR count). The molecule has 0 radical (unpaired) electrons. The number of carbonyl (C=O) groups excluding carboxylic acids is 1. The lowest BCUT2D eigenvalue weighted by Gasteiger charge is -2.37. The average molecular weight is 283 g/mol. The van der Waals surface area contributed by atoms with E-state index in [0.717, 1.165) is 38.4 Å². The Morgan fingerprint density at radius 2 is 1.80 bits per heavy atom. The van der Waals surface area contributed by atoms with Crippen LogP contribution < -0.4 is 5.73 Å². The van der Waals surface area contributed by atoms with E-state index < -0.39 is 0 Å². The molecule has 1 amide bonds. The van der Waals surface area contributed by atoms with Crippen molar-refractivity contribution in [2.24, 2.45) is 23.5 Å². The van der Waals surface area contributed by atoms with Gasteiger partial charge in [-0.25, -0.2) is 0 Å². The first-order valence-corrected chi connectivity index (χ1v) is 8.05. The molecule has 2 N–H and O–H groups in total. The Balaban J connectivity index is 2.43. The van der Waals surface area contributed by atoms with Crippen LogP contribution in [0, 0.1) is 17.8 Å². The fraction of sp³-hybridized carbons (Fsp3) is 0.938. The summed E-state index contributed by atoms with van der Waals surface area (Å²) < 4.78 is 0. The van der Waals surface area contributed by atoms with Crippen LogP contribution in [0.2, 0.25) is 0 Å². The molecule has 0 aliphatic carbocycles. The highest BCUT2D eigenvalue weighted by atomic mass is 16.2. The number of carbonyl (C=O) groups is 1. The second-order valence-corrected chi connectivity index (χ2v) is 6.89. The fourth-order valence-electron chi connectivity index (χ4n) is 2.85. The summed E-state index contributed by atoms with van der Waals surface area (Å²) in [7, 11) is 2.19. The van der Waals surface area contributed by atoms with Crippen LogP contribution in [0.4, 0.5) is 0 Å². The highest BCUT2D eigenvalue weighted by Crippen LogP contribution is 2.22. The summed E-state index contributed by atoms with van der Waals surface area (Å²) in [6.45, 7) is 12.0. The molecule has 1 fully saturated rings. The van der Waals surface area contributed by atoms with Crippen molar-refractivity contribution in [3.05, 3.63) is 0 Å². The monoisotopic (exact) mass is 283 g/mol. The molecule has 1 atom stereocenters. The molecule has 118 valence electrons. The van der Waals surface area contributed by atoms with Gasteiger partial charge in [-0.2, -0.15) is 0 Å². The van der Waals surface area contributed by atoms with Crippen LogP contribution in [0.5, 0.6) is 0 Å². The molecule has 0 spiro atoms. The SMILES string of the molecule is CC(C)C(CN)C(=O)N1CCC(CN(C)C(C)C)CC1. The molecule has 0 bridgehead atoms. The van der Waals surface area contributed by atoms with Gasteiger partial charge < -0.3 is 15.5 Å². The fourth-order valence-corrected chi connectivity index (χ4v) is 2.85. The Kier molecular flexibility index (Phi) is 6.96. The average Bonchev–Trinajstić information content (AvgIpc) is 2.39. The molecule has 1 heterocycles. The first kappa shape index (κ1) is 17.4. The quantitative estimate of drug-likeness (QED) is 0.808. The third-order valence-corrected chi connectivity index (χ3v) is 4.73. The van der Waals surface area contributed by atoms with Crippen molar-refractivity contribution in [3.8, 4) is 0 Å². The molecule has 1 aliphatic rings. The summed E-state index contributed by atoms with van der Waals surface area (Å²) in [6, 6.07) is 0.595. The van der Waals surface area contributed by atoms with E-state index >= 15 is 0 Å². The summed E-state index contributed by atoms with van der Waals surface area (Å²) in [5, 5.41) is 0. The minimum Gasteiger partial charge on any atom is -0.342 e. The van der Waals surface area contributed by atoms with Crippen LogP contribution in [0.15, 0.2) is 0 Å². The number of rotatable bonds is 6. The van der Waals surface area contributed by atoms with Crippen molar-refractivity contribution in [1.29, 1.82) is 0 Å². The standard InChI is InChI=1S/C16H33N3O/c1-12(2)15(10-17)16(20)19-8-6-14(7-9-19)11-18(5)13(3)4/h12-15H,6-11,17H2,1-5H3. The van der Waals surface area contributed by atoms with Gasteiger partial charge >= 0.3 is 0 Å². The second-order valence-electron chi connectivity index (χ2n) is 6.89. The van der Waals surface area contributed by atoms with Crippen LogP contribution in [-0.4, -0.2) is 55.0 Å². The normalized spacial score (nSPS) is 19.1. The smallest absolute Gasteiger partial charge is 0.227 e. The Morgan fingerprint density at radius 1 is 1.25 bits per heavy atom. The van der Waals surface area contributed by atoms with E-state index in [1.807, 2.05) is 4.90 Å². The summed E-state index contributed by atoms with van der Waals surface area (Å²) in [5.41, 5.74) is 5.75. The van der Waals surface area contributed by atoms with Gasteiger partial charge in [0.25, 0.3) is 0 Å². The van der Waals surface area contributed by atoms with Gasteiger partial charge in [0.05, 0.1) is 5.92 Å². The van der Waals surface area contributed by atoms with Crippen LogP contribution in [0.25, 0.3) is 0 Å². The topological polar surface area (TPSA) is 49.6 Å². The highest BCUT2D eigenvalue weighted by Gasteiger charge is 2.29. The number of nitrogens with zero attached hydrogens (tertiary/aromatic N) is 2. The molecular weight excluding hydrogens is 250 g/mol. The van der Waals surface area contributed by atoms with E-state index in [9.17, 15) is 4.79 Å². The zero-order valence-corrected chi connectivity index (χ0v) is 13.9. The molecule has 20 heavy (non-hydrogen) atoms. The van der Waals surface area contributed by atoms with Crippen molar-refractivity contribution < 1.29 is 4.79 Å². The maximum atomic E-state index is 12.4. The lowest BCUT2D eigenvalue weighted by atomic mass is 9.91. The van der Waals surface area contributed by atoms with Crippen LogP contribution in [0.3, 0.4) is 0 Å². The van der Waals surface area contributed by atoms with Crippen molar-refractivity contribution in [2.45, 2.75) is 46.6 Å². The van der Waals surface area contributed by atoms with Crippen molar-refractivity contribution >= 4 is 5.91 Å². The van der Waals surface area contributed by atoms with E-state index in [1.54, 1.807) is 0 Å². The van der Waals surface area contributed by atoms with E-state index in [-0.39, 0.29) is 11.8 Å². The Hall–Kier alpha value is -0.610. The van der Waals surface area contributed by atoms with Gasteiger partial charge in [0.15, 0.2) is 0 Å². The molecule has 4 nitrogen and oxygen atoms in total. The van der Waals surface area contributed by atoms with Crippen LogP contribution in [-0.2, 0) is 4.79 Å². The largest absolute Gasteiger partial charge is 0.342 e. The van der Waals surface area contributed by atoms with Crippen molar-refractivity contribution in [3.63, 3.8) is 0 Å². The molecule has 1 aliphatic heterocycles. The third-order valence-electron chi connectivity index (χ3n) is 4.73. The van der Waals surface area contributed by atoms with Gasteiger partial charge in [0.1, 0.15) is 0 Å². The predicted octanol–water partition coefficient (Wildman–Crippen LogP) is 1.80. The third kappa shape index (κ3) is 4.74. The lowest BCUT2D eigenvalue weighted by Crippen LogP contribution is -2.46. The molecule has 0 saturated carbocycles. The molecule has 1 saturated heterocycles. The van der Waals surface area contributed by atoms with Gasteiger partial charge in [0.2, 0.25) is 5.91 Å². The van der Waals surface area contributed by atoms with Gasteiger partial charge in [-0.05, 0) is 45.6 Å². The second kappa shape index (κ2) is 7.99. The van der Waals surface area contributed by atoms with E-state index in [0.29, 0.717) is 18.5 Å². The zero-order chi connectivity index (χ0) is 15.3. The van der Waals surface area contributed by atoms with Crippen molar-refractivity contribution in [1.82, 2.24) is 9.80 Å². The minimum atomic E-state index is -0.00936. The molecule has 0 aromatic heterocycles. The summed E-state index contributed by atoms with van der Waals surface area (Å²) >= 11 is 0. The number of likely N-dealkylation sites (tertiary alicyclic amines) is 1. The Morgan fingerprint density at radius 3 is 2.20 bits per heavy atom. The van der Waals surface area contributed by atoms with Gasteiger partial charge in [-0.3, -0.25) is 4.79 Å². The first-order valence-electron chi connectivity index (χ1n) is 8.05. The number of piperidine rings is 1. The maximum absolute atomic E-state index is 12.4. The number of nitrogens with two attached hydrogens (primary N) is 1. The van der Waals surface area contributed by atoms with Gasteiger partial charge in [-0.1, -0.05) is 13.8 Å². The molecule has 0 aromatic carbocycles. The van der Waals surface area contributed by atoms with Gasteiger partial charge in [-0.15, -0.1) is 0 Å². The van der Waals surface area contributed by atoms with E-state index in [1.165, 1.54) is 0 Å². The molecule has 1 unspecified atom stereocenters. The summed E-state index contributed by atoms with van der Waals surface area (Å²) in [5.74, 6) is 1.31. The number of hydrogen-bond donors (Lipinski definition) is 1. The lowest BCUT2D eigenvalue weighted by molar-refractivity contribution is -0.138. The maximum Gasteiger partial charge on any atom is 0.227 e. The number of hydrogen-bond acceptors (Lipinski definition) is 3. The Labute approximate surface area is 124 Å². The molecule has 4 heteroatoms. The summed E-state index contributed by atoms with van der Waals surface area (Å²) in [4.78, 5) is 16.9. The number of amides is 1. The highest BCUT2D eigenvalue weighted by molar-refractivity contribution is 5.79. The predicted molar refractivity (Wildman–Crippen MR) is 84.5 cm³/mol. The molecular formula is C16H33N3O. The van der Waals surface area contributed by atoms with E-state index in [2.05, 4.69) is 39.6 Å². The van der Waals surface area contributed by atoms with Crippen LogP contribution in [0.1, 0.15) is 40.5 Å². The summed E-state index contributed by atoms with van der Waals surface area (Å²) in [6.07, 6.45) is 2.25. The zero-order valence-electron chi connectivity index (χ0n) is 13.9. The first-order chi connectivity index (χ1) is 9.36. The van der Waals surface area contributed by atoms with Crippen molar-refractivity contribution in [2.75, 3.05) is 33.2 Å². The van der Waals surface area contributed by atoms with Crippen LogP contribution >= 0.6 is 0 Å². The molecule has 0 aromatic rings.